The van der Waals surface area contributed by atoms with Gasteiger partial charge >= 0.3 is 5.97 Å². The first-order valence-electron chi connectivity index (χ1n) is 9.79. The van der Waals surface area contributed by atoms with E-state index in [0.717, 1.165) is 0 Å². The zero-order valence-electron chi connectivity index (χ0n) is 16.9. The van der Waals surface area contributed by atoms with Crippen molar-refractivity contribution in [3.05, 3.63) is 48.6 Å². The molecule has 32 heavy (non-hydrogen) atoms. The second-order valence-corrected chi connectivity index (χ2v) is 8.49. The summed E-state index contributed by atoms with van der Waals surface area (Å²) in [4.78, 5) is 20.1. The van der Waals surface area contributed by atoms with E-state index in [2.05, 4.69) is 19.8 Å². The molecule has 0 spiro atoms. The summed E-state index contributed by atoms with van der Waals surface area (Å²) in [5, 5.41) is 3.81. The number of esters is 1. The fraction of sp³-hybridized carbons (Fsp3) is 0.300. The number of hydrogen-bond donors (Lipinski definition) is 1. The highest BCUT2D eigenvalue weighted by Crippen LogP contribution is 2.32. The van der Waals surface area contributed by atoms with Gasteiger partial charge in [0.1, 0.15) is 13.2 Å². The van der Waals surface area contributed by atoms with Crippen LogP contribution in [0.2, 0.25) is 0 Å². The van der Waals surface area contributed by atoms with Crippen LogP contribution in [-0.2, 0) is 26.2 Å². The number of sulfonamides is 1. The second kappa shape index (κ2) is 9.75. The van der Waals surface area contributed by atoms with Crippen molar-refractivity contribution in [2.24, 2.45) is 0 Å². The van der Waals surface area contributed by atoms with Gasteiger partial charge in [-0.3, -0.25) is 9.78 Å². The quantitative estimate of drug-likeness (QED) is 0.370. The highest BCUT2D eigenvalue weighted by molar-refractivity contribution is 7.89. The molecule has 0 radical (unpaired) electrons. The van der Waals surface area contributed by atoms with Crippen LogP contribution in [0.25, 0.3) is 11.4 Å². The number of benzene rings is 1. The van der Waals surface area contributed by atoms with Gasteiger partial charge in [0.25, 0.3) is 5.89 Å². The first-order chi connectivity index (χ1) is 15.5. The molecule has 0 unspecified atom stereocenters. The maximum atomic E-state index is 12.4. The number of fused-ring (bicyclic) bond motifs is 1. The molecular formula is C20H20N4O7S. The molecule has 4 rings (SSSR count). The smallest absolute Gasteiger partial charge is 0.306 e. The van der Waals surface area contributed by atoms with Crippen LogP contribution in [0.3, 0.4) is 0 Å². The van der Waals surface area contributed by atoms with Crippen molar-refractivity contribution >= 4 is 16.0 Å². The standard InChI is InChI=1S/C20H20N4O7S/c25-19(30-13-18-23-20(24-31-18)14-3-1-7-21-12-14)4-2-8-22-32(26,27)15-5-6-16-17(11-15)29-10-9-28-16/h1,3,5-7,11-12,22H,2,4,8-10,13H2. The van der Waals surface area contributed by atoms with Gasteiger partial charge in [-0.2, -0.15) is 4.98 Å². The lowest BCUT2D eigenvalue weighted by molar-refractivity contribution is -0.145. The van der Waals surface area contributed by atoms with Crippen molar-refractivity contribution in [2.75, 3.05) is 19.8 Å². The van der Waals surface area contributed by atoms with E-state index in [1.807, 2.05) is 0 Å². The summed E-state index contributed by atoms with van der Waals surface area (Å²) in [6.45, 7) is 0.679. The molecule has 0 aliphatic carbocycles. The number of rotatable bonds is 9. The Bertz CT molecular complexity index is 1180. The highest BCUT2D eigenvalue weighted by Gasteiger charge is 2.19. The summed E-state index contributed by atoms with van der Waals surface area (Å²) in [5.41, 5.74) is 0.680. The molecule has 1 N–H and O–H groups in total. The van der Waals surface area contributed by atoms with Crippen molar-refractivity contribution in [1.29, 1.82) is 0 Å². The van der Waals surface area contributed by atoms with Crippen LogP contribution < -0.4 is 14.2 Å². The minimum atomic E-state index is -3.75. The Labute approximate surface area is 183 Å². The van der Waals surface area contributed by atoms with Crippen LogP contribution in [0.4, 0.5) is 0 Å². The third kappa shape index (κ3) is 5.39. The average Bonchev–Trinajstić information content (AvgIpc) is 3.30. The van der Waals surface area contributed by atoms with Crippen LogP contribution in [0.15, 0.2) is 52.1 Å². The predicted octanol–water partition coefficient (Wildman–Crippen LogP) is 1.70. The number of nitrogens with one attached hydrogen (secondary N) is 1. The topological polar surface area (TPSA) is 143 Å². The Morgan fingerprint density at radius 2 is 2.00 bits per heavy atom. The number of aromatic nitrogens is 3. The molecule has 0 bridgehead atoms. The zero-order chi connectivity index (χ0) is 22.4. The van der Waals surface area contributed by atoms with Crippen LogP contribution >= 0.6 is 0 Å². The minimum absolute atomic E-state index is 0.0211. The van der Waals surface area contributed by atoms with Crippen molar-refractivity contribution in [3.8, 4) is 22.9 Å². The molecule has 1 aliphatic heterocycles. The fourth-order valence-corrected chi connectivity index (χ4v) is 3.94. The molecule has 0 fully saturated rings. The molecule has 0 atom stereocenters. The maximum Gasteiger partial charge on any atom is 0.306 e. The summed E-state index contributed by atoms with van der Waals surface area (Å²) in [5.74, 6) is 0.876. The monoisotopic (exact) mass is 460 g/mol. The van der Waals surface area contributed by atoms with Gasteiger partial charge in [0.2, 0.25) is 15.8 Å². The molecule has 0 saturated heterocycles. The Balaban J connectivity index is 1.20. The lowest BCUT2D eigenvalue weighted by atomic mass is 10.3. The first-order valence-corrected chi connectivity index (χ1v) is 11.3. The Morgan fingerprint density at radius 1 is 1.16 bits per heavy atom. The van der Waals surface area contributed by atoms with Gasteiger partial charge < -0.3 is 18.7 Å². The van der Waals surface area contributed by atoms with E-state index in [4.69, 9.17) is 18.7 Å². The van der Waals surface area contributed by atoms with Crippen LogP contribution in [0, 0.1) is 0 Å². The number of carbonyl (C=O) groups is 1. The van der Waals surface area contributed by atoms with E-state index in [-0.39, 0.29) is 36.8 Å². The van der Waals surface area contributed by atoms with Crippen LogP contribution in [0.1, 0.15) is 18.7 Å². The van der Waals surface area contributed by atoms with E-state index in [9.17, 15) is 13.2 Å². The second-order valence-electron chi connectivity index (χ2n) is 6.72. The number of ether oxygens (including phenoxy) is 3. The molecule has 168 valence electrons. The number of carbonyl (C=O) groups excluding carboxylic acids is 1. The van der Waals surface area contributed by atoms with Gasteiger partial charge in [0.05, 0.1) is 4.90 Å². The molecule has 0 amide bonds. The molecule has 2 aromatic heterocycles. The van der Waals surface area contributed by atoms with Gasteiger partial charge in [-0.25, -0.2) is 13.1 Å². The first kappa shape index (κ1) is 21.7. The molecule has 1 aromatic carbocycles. The SMILES string of the molecule is O=C(CCCNS(=O)(=O)c1ccc2c(c1)OCCO2)OCc1nc(-c2cccnc2)no1. The summed E-state index contributed by atoms with van der Waals surface area (Å²) >= 11 is 0. The van der Waals surface area contributed by atoms with E-state index >= 15 is 0 Å². The minimum Gasteiger partial charge on any atom is -0.486 e. The molecule has 3 aromatic rings. The Hall–Kier alpha value is -3.51. The summed E-state index contributed by atoms with van der Waals surface area (Å²) in [7, 11) is -3.75. The molecule has 1 aliphatic rings. The predicted molar refractivity (Wildman–Crippen MR) is 109 cm³/mol. The summed E-state index contributed by atoms with van der Waals surface area (Å²) in [6, 6.07) is 7.92. The molecule has 11 nitrogen and oxygen atoms in total. The molecule has 12 heteroatoms. The van der Waals surface area contributed by atoms with Crippen molar-refractivity contribution in [2.45, 2.75) is 24.3 Å². The normalized spacial score (nSPS) is 13.0. The number of nitrogens with zero attached hydrogens (tertiary/aromatic N) is 3. The van der Waals surface area contributed by atoms with E-state index < -0.39 is 16.0 Å². The number of hydrogen-bond acceptors (Lipinski definition) is 10. The van der Waals surface area contributed by atoms with Crippen LogP contribution in [-0.4, -0.2) is 49.3 Å². The van der Waals surface area contributed by atoms with Gasteiger partial charge in [-0.15, -0.1) is 0 Å². The summed E-state index contributed by atoms with van der Waals surface area (Å²) < 4.78 is 48.3. The van der Waals surface area contributed by atoms with E-state index in [0.29, 0.717) is 36.1 Å². The van der Waals surface area contributed by atoms with Crippen molar-refractivity contribution in [1.82, 2.24) is 19.8 Å². The van der Waals surface area contributed by atoms with Gasteiger partial charge in [-0.05, 0) is 30.7 Å². The zero-order valence-corrected chi connectivity index (χ0v) is 17.7. The Morgan fingerprint density at radius 3 is 2.81 bits per heavy atom. The Kier molecular flexibility index (Phi) is 6.61. The van der Waals surface area contributed by atoms with Gasteiger partial charge in [0, 0.05) is 37.0 Å². The highest BCUT2D eigenvalue weighted by atomic mass is 32.2. The molecule has 3 heterocycles. The lowest BCUT2D eigenvalue weighted by Crippen LogP contribution is -2.25. The van der Waals surface area contributed by atoms with Gasteiger partial charge in [-0.1, -0.05) is 5.16 Å². The number of pyridine rings is 1. The fourth-order valence-electron chi connectivity index (χ4n) is 2.85. The largest absolute Gasteiger partial charge is 0.486 e. The van der Waals surface area contributed by atoms with E-state index in [1.165, 1.54) is 12.1 Å². The van der Waals surface area contributed by atoms with Crippen molar-refractivity contribution < 1.29 is 31.9 Å². The third-order valence-corrected chi connectivity index (χ3v) is 5.88. The van der Waals surface area contributed by atoms with Gasteiger partial charge in [0.15, 0.2) is 18.1 Å². The van der Waals surface area contributed by atoms with Crippen molar-refractivity contribution in [3.63, 3.8) is 0 Å². The molecular weight excluding hydrogens is 440 g/mol. The third-order valence-electron chi connectivity index (χ3n) is 4.42. The maximum absolute atomic E-state index is 12.4. The summed E-state index contributed by atoms with van der Waals surface area (Å²) in [6.07, 6.45) is 3.50. The lowest BCUT2D eigenvalue weighted by Gasteiger charge is -2.18. The van der Waals surface area contributed by atoms with E-state index in [1.54, 1.807) is 30.6 Å². The van der Waals surface area contributed by atoms with Crippen LogP contribution in [0.5, 0.6) is 11.5 Å². The molecule has 0 saturated carbocycles. The average molecular weight is 460 g/mol.